The van der Waals surface area contributed by atoms with Gasteiger partial charge >= 0.3 is 0 Å². The molecule has 2 N–H and O–H groups in total. The third-order valence-corrected chi connectivity index (χ3v) is 4.93. The number of fused-ring (bicyclic) bond motifs is 2. The molecule has 0 bridgehead atoms. The van der Waals surface area contributed by atoms with Gasteiger partial charge in [0, 0.05) is 7.05 Å². The molecule has 31 heavy (non-hydrogen) atoms. The van der Waals surface area contributed by atoms with Crippen LogP contribution in [0, 0.1) is 6.92 Å². The van der Waals surface area contributed by atoms with E-state index in [0.29, 0.717) is 22.4 Å². The maximum Gasteiger partial charge on any atom is 0.265 e. The van der Waals surface area contributed by atoms with E-state index in [-0.39, 0.29) is 33.5 Å². The highest BCUT2D eigenvalue weighted by molar-refractivity contribution is 6.13. The normalized spacial score (nSPS) is 11.3. The summed E-state index contributed by atoms with van der Waals surface area (Å²) in [6, 6.07) is 6.92. The summed E-state index contributed by atoms with van der Waals surface area (Å²) in [6.07, 6.45) is 4.03. The highest BCUT2D eigenvalue weighted by Crippen LogP contribution is 2.26. The summed E-state index contributed by atoms with van der Waals surface area (Å²) < 4.78 is 8.25. The number of carbonyl (C=O) groups excluding carboxylic acids is 1. The zero-order chi connectivity index (χ0) is 21.7. The van der Waals surface area contributed by atoms with Crippen LogP contribution in [0.5, 0.6) is 0 Å². The lowest BCUT2D eigenvalue weighted by Gasteiger charge is -2.11. The number of H-pyrrole nitrogens is 1. The Kier molecular flexibility index (Phi) is 4.03. The zero-order valence-electron chi connectivity index (χ0n) is 16.4. The van der Waals surface area contributed by atoms with Crippen LogP contribution in [0.1, 0.15) is 16.1 Å². The van der Waals surface area contributed by atoms with Crippen molar-refractivity contribution < 1.29 is 9.21 Å². The second-order valence-electron chi connectivity index (χ2n) is 6.87. The number of hydrogen-bond acceptors (Lipinski definition) is 7. The monoisotopic (exact) mass is 417 g/mol. The third-order valence-electron chi connectivity index (χ3n) is 4.93. The first kappa shape index (κ1) is 18.5. The lowest BCUT2D eigenvalue weighted by atomic mass is 10.1. The van der Waals surface area contributed by atoms with Gasteiger partial charge in [-0.3, -0.25) is 14.4 Å². The van der Waals surface area contributed by atoms with E-state index in [1.54, 1.807) is 38.2 Å². The van der Waals surface area contributed by atoms with E-state index in [9.17, 15) is 14.4 Å². The van der Waals surface area contributed by atoms with Gasteiger partial charge in [-0.05, 0) is 19.1 Å². The predicted molar refractivity (Wildman–Crippen MR) is 111 cm³/mol. The van der Waals surface area contributed by atoms with Gasteiger partial charge in [0.2, 0.25) is 5.71 Å². The lowest BCUT2D eigenvalue weighted by Crippen LogP contribution is -2.21. The largest absolute Gasteiger partial charge is 0.442 e. The fourth-order valence-electron chi connectivity index (χ4n) is 3.44. The van der Waals surface area contributed by atoms with E-state index < -0.39 is 5.91 Å². The number of rotatable bonds is 3. The lowest BCUT2D eigenvalue weighted by molar-refractivity contribution is 0.102. The van der Waals surface area contributed by atoms with E-state index in [1.807, 2.05) is 0 Å². The zero-order valence-corrected chi connectivity index (χ0v) is 16.4. The van der Waals surface area contributed by atoms with Crippen molar-refractivity contribution in [2.75, 3.05) is 5.32 Å². The van der Waals surface area contributed by atoms with Crippen molar-refractivity contribution in [1.82, 2.24) is 29.3 Å². The average molecular weight is 417 g/mol. The van der Waals surface area contributed by atoms with Crippen LogP contribution >= 0.6 is 0 Å². The van der Waals surface area contributed by atoms with Crippen molar-refractivity contribution in [2.45, 2.75) is 6.92 Å². The van der Waals surface area contributed by atoms with Gasteiger partial charge in [0.15, 0.2) is 5.65 Å². The molecule has 1 amide bonds. The molecule has 0 fully saturated rings. The Morgan fingerprint density at radius 2 is 2.00 bits per heavy atom. The summed E-state index contributed by atoms with van der Waals surface area (Å²) in [6.45, 7) is 1.60. The molecule has 11 heteroatoms. The van der Waals surface area contributed by atoms with Crippen LogP contribution in [0.2, 0.25) is 0 Å². The van der Waals surface area contributed by atoms with Gasteiger partial charge in [-0.25, -0.2) is 14.6 Å². The summed E-state index contributed by atoms with van der Waals surface area (Å²) in [5.41, 5.74) is 0.755. The van der Waals surface area contributed by atoms with Crippen molar-refractivity contribution in [3.8, 4) is 5.69 Å². The van der Waals surface area contributed by atoms with Gasteiger partial charge in [-0.15, -0.1) is 0 Å². The number of aryl methyl sites for hydroxylation is 2. The summed E-state index contributed by atoms with van der Waals surface area (Å²) in [7, 11) is 1.55. The second-order valence-corrected chi connectivity index (χ2v) is 6.87. The summed E-state index contributed by atoms with van der Waals surface area (Å²) in [5, 5.41) is 7.48. The van der Waals surface area contributed by atoms with E-state index in [2.05, 4.69) is 25.4 Å². The molecule has 4 aromatic heterocycles. The van der Waals surface area contributed by atoms with Crippen LogP contribution in [0.3, 0.4) is 0 Å². The van der Waals surface area contributed by atoms with Gasteiger partial charge < -0.3 is 19.3 Å². The number of carbonyl (C=O) groups is 1. The number of hydrogen-bond donors (Lipinski definition) is 2. The second kappa shape index (κ2) is 6.76. The first-order valence-electron chi connectivity index (χ1n) is 9.22. The number of benzene rings is 1. The quantitative estimate of drug-likeness (QED) is 0.453. The van der Waals surface area contributed by atoms with Crippen LogP contribution in [0.4, 0.5) is 5.69 Å². The average Bonchev–Trinajstić information content (AvgIpc) is 3.33. The molecule has 0 atom stereocenters. The number of amides is 1. The molecule has 0 aliphatic rings. The van der Waals surface area contributed by atoms with Crippen LogP contribution in [0.15, 0.2) is 57.1 Å². The number of nitrogens with zero attached hydrogens (tertiary/aromatic N) is 5. The molecule has 1 aromatic carbocycles. The van der Waals surface area contributed by atoms with E-state index >= 15 is 0 Å². The van der Waals surface area contributed by atoms with Crippen molar-refractivity contribution in [3.05, 3.63) is 75.1 Å². The van der Waals surface area contributed by atoms with Crippen LogP contribution in [-0.4, -0.2) is 35.2 Å². The number of aromatic amines is 1. The van der Waals surface area contributed by atoms with Crippen molar-refractivity contribution in [1.29, 1.82) is 0 Å². The molecule has 0 spiro atoms. The van der Waals surface area contributed by atoms with Gasteiger partial charge in [0.1, 0.15) is 22.9 Å². The van der Waals surface area contributed by atoms with Gasteiger partial charge in [-0.1, -0.05) is 12.1 Å². The number of nitrogens with one attached hydrogen (secondary N) is 2. The predicted octanol–water partition coefficient (Wildman–Crippen LogP) is 1.51. The van der Waals surface area contributed by atoms with E-state index in [4.69, 9.17) is 4.42 Å². The Bertz CT molecular complexity index is 1610. The summed E-state index contributed by atoms with van der Waals surface area (Å²) >= 11 is 0. The minimum Gasteiger partial charge on any atom is -0.442 e. The van der Waals surface area contributed by atoms with Gasteiger partial charge in [0.25, 0.3) is 17.0 Å². The molecule has 5 rings (SSSR count). The number of furan rings is 1. The Morgan fingerprint density at radius 3 is 2.84 bits per heavy atom. The molecule has 0 saturated carbocycles. The van der Waals surface area contributed by atoms with Crippen LogP contribution in [-0.2, 0) is 7.05 Å². The van der Waals surface area contributed by atoms with Gasteiger partial charge in [0.05, 0.1) is 29.5 Å². The molecule has 4 heterocycles. The minimum atomic E-state index is -0.531. The highest BCUT2D eigenvalue weighted by atomic mass is 16.3. The molecule has 5 aromatic rings. The molecule has 0 unspecified atom stereocenters. The fourth-order valence-corrected chi connectivity index (χ4v) is 3.44. The standard InChI is InChI=1S/C20H15N7O4/c1-10-14(15-19(31-10)23-9-26(2)20(15)30)18(29)25-12-5-3-4-6-13(12)27-16-11(7-24-27)17(28)22-8-21-16/h3-9H,1-2H3,(H,25,29)(H,21,22,28). The smallest absolute Gasteiger partial charge is 0.265 e. The Morgan fingerprint density at radius 1 is 1.19 bits per heavy atom. The SMILES string of the molecule is Cc1oc2ncn(C)c(=O)c2c1C(=O)Nc1ccccc1-n1ncc2c(=O)[nH]cnc21. The Labute approximate surface area is 173 Å². The van der Waals surface area contributed by atoms with Crippen LogP contribution in [0.25, 0.3) is 27.8 Å². The maximum absolute atomic E-state index is 13.2. The van der Waals surface area contributed by atoms with Crippen molar-refractivity contribution >= 4 is 33.7 Å². The van der Waals surface area contributed by atoms with E-state index in [0.717, 1.165) is 0 Å². The highest BCUT2D eigenvalue weighted by Gasteiger charge is 2.23. The Hall–Kier alpha value is -4.54. The van der Waals surface area contributed by atoms with Crippen LogP contribution < -0.4 is 16.4 Å². The fraction of sp³-hybridized carbons (Fsp3) is 0.100. The number of aromatic nitrogens is 6. The molecule has 11 nitrogen and oxygen atoms in total. The minimum absolute atomic E-state index is 0.0977. The topological polar surface area (TPSA) is 141 Å². The summed E-state index contributed by atoms with van der Waals surface area (Å²) in [4.78, 5) is 48.5. The van der Waals surface area contributed by atoms with Crippen molar-refractivity contribution in [3.63, 3.8) is 0 Å². The Balaban J connectivity index is 1.62. The first-order chi connectivity index (χ1) is 15.0. The third kappa shape index (κ3) is 2.82. The summed E-state index contributed by atoms with van der Waals surface area (Å²) in [5.74, 6) is -0.255. The van der Waals surface area contributed by atoms with Gasteiger partial charge in [-0.2, -0.15) is 5.10 Å². The number of anilines is 1. The molecule has 0 radical (unpaired) electrons. The van der Waals surface area contributed by atoms with E-state index in [1.165, 1.54) is 28.1 Å². The molecular formula is C20H15N7O4. The molecule has 0 saturated heterocycles. The molecular weight excluding hydrogens is 402 g/mol. The first-order valence-corrected chi connectivity index (χ1v) is 9.22. The maximum atomic E-state index is 13.2. The molecule has 0 aliphatic carbocycles. The number of para-hydroxylation sites is 2. The molecule has 154 valence electrons. The molecule has 0 aliphatic heterocycles. The van der Waals surface area contributed by atoms with Crippen molar-refractivity contribution in [2.24, 2.45) is 7.05 Å².